The molecule has 1 aliphatic heterocycles. The molecule has 2 amide bonds. The molecule has 29 heavy (non-hydrogen) atoms. The van der Waals surface area contributed by atoms with Gasteiger partial charge in [-0.25, -0.2) is 12.7 Å². The van der Waals surface area contributed by atoms with Crippen LogP contribution in [0.15, 0.2) is 36.4 Å². The Morgan fingerprint density at radius 1 is 1.14 bits per heavy atom. The van der Waals surface area contributed by atoms with Crippen LogP contribution in [-0.4, -0.2) is 40.2 Å². The number of carbonyl (C=O) groups excluding carboxylic acids is 2. The van der Waals surface area contributed by atoms with Crippen molar-refractivity contribution < 1.29 is 27.5 Å². The Labute approximate surface area is 173 Å². The Kier molecular flexibility index (Phi) is 5.72. The Morgan fingerprint density at radius 3 is 2.28 bits per heavy atom. The van der Waals surface area contributed by atoms with Crippen molar-refractivity contribution in [1.82, 2.24) is 0 Å². The normalized spacial score (nSPS) is 17.9. The molecule has 8 nitrogen and oxygen atoms in total. The maximum Gasteiger partial charge on any atom is 0.255 e. The van der Waals surface area contributed by atoms with Crippen LogP contribution in [0.5, 0.6) is 11.5 Å². The van der Waals surface area contributed by atoms with Crippen molar-refractivity contribution in [1.29, 1.82) is 0 Å². The van der Waals surface area contributed by atoms with E-state index < -0.39 is 27.8 Å². The molecule has 0 aliphatic carbocycles. The lowest BCUT2D eigenvalue weighted by atomic mass is 10.1. The van der Waals surface area contributed by atoms with Crippen LogP contribution in [0.3, 0.4) is 0 Å². The molecule has 0 aromatic heterocycles. The molecule has 0 saturated carbocycles. The van der Waals surface area contributed by atoms with Crippen molar-refractivity contribution in [3.05, 3.63) is 47.0 Å². The molecule has 10 heteroatoms. The highest BCUT2D eigenvalue weighted by atomic mass is 35.5. The first kappa shape index (κ1) is 20.9. The number of carbonyl (C=O) groups is 2. The molecule has 1 N–H and O–H groups in total. The molecule has 1 heterocycles. The molecule has 1 unspecified atom stereocenters. The van der Waals surface area contributed by atoms with E-state index in [1.165, 1.54) is 50.6 Å². The molecular weight excluding hydrogens is 420 g/mol. The molecule has 2 aromatic rings. The Morgan fingerprint density at radius 2 is 1.76 bits per heavy atom. The van der Waals surface area contributed by atoms with Gasteiger partial charge in [-0.1, -0.05) is 18.5 Å². The predicted molar refractivity (Wildman–Crippen MR) is 109 cm³/mol. The number of benzene rings is 2. The van der Waals surface area contributed by atoms with Crippen molar-refractivity contribution in [2.24, 2.45) is 5.92 Å². The van der Waals surface area contributed by atoms with Gasteiger partial charge >= 0.3 is 0 Å². The number of nitrogens with zero attached hydrogens (tertiary/aromatic N) is 1. The maximum atomic E-state index is 12.6. The summed E-state index contributed by atoms with van der Waals surface area (Å²) in [6.07, 6.45) is 0. The summed E-state index contributed by atoms with van der Waals surface area (Å²) in [5.41, 5.74) is 0.817. The number of methoxy groups -OCH3 is 2. The van der Waals surface area contributed by atoms with E-state index in [4.69, 9.17) is 21.1 Å². The lowest BCUT2D eigenvalue weighted by Crippen LogP contribution is -2.30. The minimum absolute atomic E-state index is 0.196. The lowest BCUT2D eigenvalue weighted by Gasteiger charge is -2.16. The quantitative estimate of drug-likeness (QED) is 0.770. The van der Waals surface area contributed by atoms with Crippen molar-refractivity contribution >= 4 is 44.8 Å². The standard InChI is InChI=1S/C19H19ClN2O6S/c1-11-10-29(25,26)22(19(11)24)13-6-4-12(5-7-13)18(23)21-15-9-16(27-2)14(20)8-17(15)28-3/h4-9,11H,10H2,1-3H3,(H,21,23). The van der Waals surface area contributed by atoms with Crippen LogP contribution in [-0.2, 0) is 14.8 Å². The minimum Gasteiger partial charge on any atom is -0.495 e. The molecule has 0 radical (unpaired) electrons. The fraction of sp³-hybridized carbons (Fsp3) is 0.263. The number of hydrogen-bond acceptors (Lipinski definition) is 6. The smallest absolute Gasteiger partial charge is 0.255 e. The van der Waals surface area contributed by atoms with Gasteiger partial charge in [0.05, 0.1) is 42.3 Å². The number of rotatable bonds is 5. The summed E-state index contributed by atoms with van der Waals surface area (Å²) in [6.45, 7) is 1.56. The van der Waals surface area contributed by atoms with E-state index in [2.05, 4.69) is 5.32 Å². The molecule has 154 valence electrons. The van der Waals surface area contributed by atoms with Gasteiger partial charge in [0.2, 0.25) is 15.9 Å². The molecule has 3 rings (SSSR count). The zero-order valence-electron chi connectivity index (χ0n) is 15.9. The summed E-state index contributed by atoms with van der Waals surface area (Å²) in [7, 11) is -0.808. The highest BCUT2D eigenvalue weighted by molar-refractivity contribution is 7.94. The zero-order valence-corrected chi connectivity index (χ0v) is 17.5. The Balaban J connectivity index is 1.84. The van der Waals surface area contributed by atoms with Gasteiger partial charge in [0.1, 0.15) is 11.5 Å². The second-order valence-electron chi connectivity index (χ2n) is 6.47. The van der Waals surface area contributed by atoms with Gasteiger partial charge < -0.3 is 14.8 Å². The fourth-order valence-corrected chi connectivity index (χ4v) is 5.04. The largest absolute Gasteiger partial charge is 0.495 e. The summed E-state index contributed by atoms with van der Waals surface area (Å²) in [4.78, 5) is 24.8. The average Bonchev–Trinajstić information content (AvgIpc) is 2.89. The molecule has 1 atom stereocenters. The topological polar surface area (TPSA) is 102 Å². The predicted octanol–water partition coefficient (Wildman–Crippen LogP) is 2.92. The summed E-state index contributed by atoms with van der Waals surface area (Å²) in [5, 5.41) is 3.03. The Hall–Kier alpha value is -2.78. The van der Waals surface area contributed by atoms with Crippen molar-refractivity contribution in [2.45, 2.75) is 6.92 Å². The number of anilines is 2. The van der Waals surface area contributed by atoms with Crippen LogP contribution in [0, 0.1) is 5.92 Å². The molecule has 0 bridgehead atoms. The molecule has 1 saturated heterocycles. The average molecular weight is 439 g/mol. The zero-order chi connectivity index (χ0) is 21.3. The summed E-state index contributed by atoms with van der Waals surface area (Å²) in [5.74, 6) is -1.06. The first-order valence-corrected chi connectivity index (χ1v) is 10.6. The highest BCUT2D eigenvalue weighted by Crippen LogP contribution is 2.36. The third-order valence-electron chi connectivity index (χ3n) is 4.45. The number of amides is 2. The molecule has 1 aliphatic rings. The molecular formula is C19H19ClN2O6S. The van der Waals surface area contributed by atoms with Crippen molar-refractivity contribution in [3.63, 3.8) is 0 Å². The van der Waals surface area contributed by atoms with Crippen LogP contribution < -0.4 is 19.1 Å². The number of ether oxygens (including phenoxy) is 2. The molecule has 0 spiro atoms. The van der Waals surface area contributed by atoms with Crippen LogP contribution >= 0.6 is 11.6 Å². The monoisotopic (exact) mass is 438 g/mol. The molecule has 2 aromatic carbocycles. The van der Waals surface area contributed by atoms with Gasteiger partial charge in [-0.2, -0.15) is 0 Å². The van der Waals surface area contributed by atoms with Gasteiger partial charge in [-0.15, -0.1) is 0 Å². The summed E-state index contributed by atoms with van der Waals surface area (Å²) < 4.78 is 35.5. The second kappa shape index (κ2) is 7.92. The van der Waals surface area contributed by atoms with E-state index >= 15 is 0 Å². The third kappa shape index (κ3) is 4.01. The Bertz CT molecular complexity index is 1070. The minimum atomic E-state index is -3.70. The van der Waals surface area contributed by atoms with Crippen molar-refractivity contribution in [3.8, 4) is 11.5 Å². The SMILES string of the molecule is COc1cc(NC(=O)c2ccc(N3C(=O)C(C)CS3(=O)=O)cc2)c(OC)cc1Cl. The first-order chi connectivity index (χ1) is 13.7. The van der Waals surface area contributed by atoms with E-state index in [1.807, 2.05) is 0 Å². The van der Waals surface area contributed by atoms with Gasteiger partial charge in [0, 0.05) is 17.7 Å². The van der Waals surface area contributed by atoms with E-state index in [-0.39, 0.29) is 17.0 Å². The van der Waals surface area contributed by atoms with E-state index in [0.29, 0.717) is 22.2 Å². The lowest BCUT2D eigenvalue weighted by molar-refractivity contribution is -0.119. The number of sulfonamides is 1. The molecule has 1 fully saturated rings. The fourth-order valence-electron chi connectivity index (χ4n) is 2.99. The van der Waals surface area contributed by atoms with Crippen LogP contribution in [0.4, 0.5) is 11.4 Å². The van der Waals surface area contributed by atoms with Crippen LogP contribution in [0.2, 0.25) is 5.02 Å². The van der Waals surface area contributed by atoms with Gasteiger partial charge in [0.15, 0.2) is 0 Å². The van der Waals surface area contributed by atoms with E-state index in [9.17, 15) is 18.0 Å². The van der Waals surface area contributed by atoms with Crippen molar-refractivity contribution in [2.75, 3.05) is 29.6 Å². The van der Waals surface area contributed by atoms with Gasteiger partial charge in [-0.3, -0.25) is 9.59 Å². The number of halogens is 1. The van der Waals surface area contributed by atoms with E-state index in [0.717, 1.165) is 4.31 Å². The third-order valence-corrected chi connectivity index (χ3v) is 6.61. The highest BCUT2D eigenvalue weighted by Gasteiger charge is 2.41. The van der Waals surface area contributed by atoms with E-state index in [1.54, 1.807) is 6.92 Å². The summed E-state index contributed by atoms with van der Waals surface area (Å²) >= 11 is 6.06. The van der Waals surface area contributed by atoms with Crippen LogP contribution in [0.1, 0.15) is 17.3 Å². The number of hydrogen-bond donors (Lipinski definition) is 1. The second-order valence-corrected chi connectivity index (χ2v) is 8.74. The van der Waals surface area contributed by atoms with Gasteiger partial charge in [-0.05, 0) is 24.3 Å². The van der Waals surface area contributed by atoms with Gasteiger partial charge in [0.25, 0.3) is 5.91 Å². The summed E-state index contributed by atoms with van der Waals surface area (Å²) in [6, 6.07) is 8.77. The van der Waals surface area contributed by atoms with Crippen LogP contribution in [0.25, 0.3) is 0 Å². The first-order valence-electron chi connectivity index (χ1n) is 8.57. The maximum absolute atomic E-state index is 12.6. The number of nitrogens with one attached hydrogen (secondary N) is 1.